The summed E-state index contributed by atoms with van der Waals surface area (Å²) >= 11 is 0. The van der Waals surface area contributed by atoms with E-state index < -0.39 is 16.0 Å². The molecule has 0 fully saturated rings. The van der Waals surface area contributed by atoms with E-state index in [1.165, 1.54) is 26.2 Å². The number of ether oxygens (including phenoxy) is 1. The van der Waals surface area contributed by atoms with Crippen LogP contribution in [0.25, 0.3) is 6.08 Å². The van der Waals surface area contributed by atoms with Gasteiger partial charge in [0.25, 0.3) is 0 Å². The second-order valence-electron chi connectivity index (χ2n) is 6.51. The fourth-order valence-electron chi connectivity index (χ4n) is 2.60. The molecule has 2 aromatic rings. The number of carbonyl (C=O) groups excluding carboxylic acids is 1. The minimum absolute atomic E-state index is 0.0902. The molecule has 140 valence electrons. The van der Waals surface area contributed by atoms with Gasteiger partial charge in [-0.3, -0.25) is 0 Å². The van der Waals surface area contributed by atoms with Crippen molar-refractivity contribution in [1.29, 1.82) is 0 Å². The summed E-state index contributed by atoms with van der Waals surface area (Å²) in [5, 5.41) is 0. The van der Waals surface area contributed by atoms with Gasteiger partial charge in [0.05, 0.1) is 4.90 Å². The van der Waals surface area contributed by atoms with Crippen molar-refractivity contribution in [1.82, 2.24) is 4.31 Å². The summed E-state index contributed by atoms with van der Waals surface area (Å²) in [5.41, 5.74) is 3.58. The van der Waals surface area contributed by atoms with E-state index in [1.54, 1.807) is 18.2 Å². The van der Waals surface area contributed by atoms with Crippen molar-refractivity contribution < 1.29 is 17.9 Å². The Kier molecular flexibility index (Phi) is 4.99. The third kappa shape index (κ3) is 3.84. The molecular formula is C20H20N2O4S. The van der Waals surface area contributed by atoms with Gasteiger partial charge in [-0.25, -0.2) is 22.5 Å². The lowest BCUT2D eigenvalue weighted by Crippen LogP contribution is -2.22. The molecule has 1 heterocycles. The number of carbonyl (C=O) groups is 1. The van der Waals surface area contributed by atoms with E-state index in [0.29, 0.717) is 5.56 Å². The highest BCUT2D eigenvalue weighted by molar-refractivity contribution is 7.89. The van der Waals surface area contributed by atoms with Gasteiger partial charge in [-0.2, -0.15) is 0 Å². The molecule has 0 amide bonds. The minimum atomic E-state index is -3.59. The Morgan fingerprint density at radius 1 is 1.07 bits per heavy atom. The third-order valence-corrected chi connectivity index (χ3v) is 6.02. The Morgan fingerprint density at radius 3 is 2.52 bits per heavy atom. The Balaban J connectivity index is 2.00. The first-order valence-electron chi connectivity index (χ1n) is 8.31. The van der Waals surface area contributed by atoms with Gasteiger partial charge in [0.15, 0.2) is 5.70 Å². The number of aryl methyl sites for hydroxylation is 2. The average Bonchev–Trinajstić information content (AvgIpc) is 2.99. The topological polar surface area (TPSA) is 76.0 Å². The monoisotopic (exact) mass is 384 g/mol. The fraction of sp³-hybridized carbons (Fsp3) is 0.200. The van der Waals surface area contributed by atoms with Crippen molar-refractivity contribution in [3.8, 4) is 0 Å². The standard InChI is InChI=1S/C20H20N2O4S/c1-13-8-9-14(2)16(10-13)12-18-20(23)26-19(21-18)15-6-5-7-17(11-15)27(24,25)22(3)4/h5-12H,1-4H3/b18-12-. The van der Waals surface area contributed by atoms with Gasteiger partial charge < -0.3 is 4.74 Å². The maximum absolute atomic E-state index is 12.3. The summed E-state index contributed by atoms with van der Waals surface area (Å²) in [5.74, 6) is -0.473. The van der Waals surface area contributed by atoms with Crippen LogP contribution in [0.1, 0.15) is 22.3 Å². The van der Waals surface area contributed by atoms with E-state index in [1.807, 2.05) is 32.0 Å². The molecule has 3 rings (SSSR count). The van der Waals surface area contributed by atoms with Crippen LogP contribution in [-0.2, 0) is 19.6 Å². The zero-order chi connectivity index (χ0) is 19.8. The Hall–Kier alpha value is -2.77. The number of esters is 1. The van der Waals surface area contributed by atoms with Gasteiger partial charge >= 0.3 is 5.97 Å². The third-order valence-electron chi connectivity index (χ3n) is 4.21. The maximum atomic E-state index is 12.3. The SMILES string of the molecule is Cc1ccc(C)c(/C=C2\N=C(c3cccc(S(=O)(=O)N(C)C)c3)OC2=O)c1. The molecule has 0 N–H and O–H groups in total. The van der Waals surface area contributed by atoms with E-state index in [9.17, 15) is 13.2 Å². The molecule has 27 heavy (non-hydrogen) atoms. The first-order valence-corrected chi connectivity index (χ1v) is 9.75. The summed E-state index contributed by atoms with van der Waals surface area (Å²) in [7, 11) is -0.675. The summed E-state index contributed by atoms with van der Waals surface area (Å²) in [6.45, 7) is 3.92. The van der Waals surface area contributed by atoms with Crippen LogP contribution in [0.2, 0.25) is 0 Å². The predicted molar refractivity (Wildman–Crippen MR) is 104 cm³/mol. The molecule has 0 saturated heterocycles. The Morgan fingerprint density at radius 2 is 1.81 bits per heavy atom. The highest BCUT2D eigenvalue weighted by atomic mass is 32.2. The van der Waals surface area contributed by atoms with Crippen LogP contribution >= 0.6 is 0 Å². The first kappa shape index (κ1) is 19.0. The lowest BCUT2D eigenvalue weighted by atomic mass is 10.0. The van der Waals surface area contributed by atoms with Gasteiger partial charge in [-0.05, 0) is 49.2 Å². The normalized spacial score (nSPS) is 16.0. The number of hydrogen-bond donors (Lipinski definition) is 0. The number of nitrogens with zero attached hydrogens (tertiary/aromatic N) is 2. The van der Waals surface area contributed by atoms with Gasteiger partial charge in [0.1, 0.15) is 0 Å². The predicted octanol–water partition coefficient (Wildman–Crippen LogP) is 2.90. The van der Waals surface area contributed by atoms with Crippen molar-refractivity contribution >= 4 is 28.0 Å². The molecule has 0 atom stereocenters. The summed E-state index contributed by atoms with van der Waals surface area (Å²) in [4.78, 5) is 16.6. The van der Waals surface area contributed by atoms with Crippen molar-refractivity contribution in [3.05, 3.63) is 70.4 Å². The smallest absolute Gasteiger partial charge is 0.363 e. The molecule has 1 aliphatic rings. The van der Waals surface area contributed by atoms with Crippen molar-refractivity contribution in [2.75, 3.05) is 14.1 Å². The lowest BCUT2D eigenvalue weighted by Gasteiger charge is -2.11. The van der Waals surface area contributed by atoms with Gasteiger partial charge in [-0.15, -0.1) is 0 Å². The van der Waals surface area contributed by atoms with Crippen LogP contribution in [0.4, 0.5) is 0 Å². The second kappa shape index (κ2) is 7.09. The maximum Gasteiger partial charge on any atom is 0.363 e. The fourth-order valence-corrected chi connectivity index (χ4v) is 3.54. The molecule has 1 aliphatic heterocycles. The molecule has 0 spiro atoms. The summed E-state index contributed by atoms with van der Waals surface area (Å²) < 4.78 is 31.0. The second-order valence-corrected chi connectivity index (χ2v) is 8.66. The van der Waals surface area contributed by atoms with Gasteiger partial charge in [0, 0.05) is 19.7 Å². The van der Waals surface area contributed by atoms with Crippen LogP contribution < -0.4 is 0 Å². The van der Waals surface area contributed by atoms with Gasteiger partial charge in [-0.1, -0.05) is 29.8 Å². The molecule has 0 bridgehead atoms. The zero-order valence-electron chi connectivity index (χ0n) is 15.6. The highest BCUT2D eigenvalue weighted by Crippen LogP contribution is 2.23. The van der Waals surface area contributed by atoms with Crippen molar-refractivity contribution in [2.24, 2.45) is 4.99 Å². The molecule has 0 aliphatic carbocycles. The Bertz CT molecular complexity index is 1080. The van der Waals surface area contributed by atoms with Crippen LogP contribution in [0.5, 0.6) is 0 Å². The highest BCUT2D eigenvalue weighted by Gasteiger charge is 2.26. The van der Waals surface area contributed by atoms with Crippen molar-refractivity contribution in [3.63, 3.8) is 0 Å². The first-order chi connectivity index (χ1) is 12.7. The minimum Gasteiger partial charge on any atom is -0.402 e. The zero-order valence-corrected chi connectivity index (χ0v) is 16.4. The molecule has 7 heteroatoms. The number of hydrogen-bond acceptors (Lipinski definition) is 5. The lowest BCUT2D eigenvalue weighted by molar-refractivity contribution is -0.129. The molecule has 2 aromatic carbocycles. The molecular weight excluding hydrogens is 364 g/mol. The van der Waals surface area contributed by atoms with E-state index in [-0.39, 0.29) is 16.5 Å². The number of benzene rings is 2. The van der Waals surface area contributed by atoms with Gasteiger partial charge in [0.2, 0.25) is 15.9 Å². The van der Waals surface area contributed by atoms with Crippen molar-refractivity contribution in [2.45, 2.75) is 18.7 Å². The molecule has 0 aromatic heterocycles. The average molecular weight is 384 g/mol. The quantitative estimate of drug-likeness (QED) is 0.600. The largest absolute Gasteiger partial charge is 0.402 e. The Labute approximate surface area is 158 Å². The van der Waals surface area contributed by atoms with Crippen LogP contribution in [0.3, 0.4) is 0 Å². The summed E-state index contributed by atoms with van der Waals surface area (Å²) in [6, 6.07) is 12.1. The number of cyclic esters (lactones) is 1. The van der Waals surface area contributed by atoms with Crippen LogP contribution in [-0.4, -0.2) is 38.7 Å². The number of sulfonamides is 1. The van der Waals surface area contributed by atoms with E-state index in [4.69, 9.17) is 4.74 Å². The van der Waals surface area contributed by atoms with E-state index in [2.05, 4.69) is 4.99 Å². The molecule has 0 unspecified atom stereocenters. The van der Waals surface area contributed by atoms with Crippen LogP contribution in [0.15, 0.2) is 58.0 Å². The van der Waals surface area contributed by atoms with Crippen LogP contribution in [0, 0.1) is 13.8 Å². The van der Waals surface area contributed by atoms with E-state index >= 15 is 0 Å². The molecule has 0 saturated carbocycles. The molecule has 6 nitrogen and oxygen atoms in total. The number of rotatable bonds is 4. The molecule has 0 radical (unpaired) electrons. The van der Waals surface area contributed by atoms with E-state index in [0.717, 1.165) is 21.0 Å². The summed E-state index contributed by atoms with van der Waals surface area (Å²) in [6.07, 6.45) is 1.68. The number of aliphatic imine (C=N–C) groups is 1.